The molecule has 0 radical (unpaired) electrons. The molecule has 84 valence electrons. The highest BCUT2D eigenvalue weighted by Crippen LogP contribution is 2.17. The molecule has 0 saturated carbocycles. The summed E-state index contributed by atoms with van der Waals surface area (Å²) in [5.41, 5.74) is 0.741. The van der Waals surface area contributed by atoms with Crippen LogP contribution < -0.4 is 0 Å². The van der Waals surface area contributed by atoms with Crippen LogP contribution >= 0.6 is 0 Å². The zero-order valence-electron chi connectivity index (χ0n) is 8.48. The number of rotatable bonds is 2. The molecule has 0 atom stereocenters. The Hall–Kier alpha value is -1.82. The highest BCUT2D eigenvalue weighted by atomic mass is 19.1. The summed E-state index contributed by atoms with van der Waals surface area (Å²) >= 11 is 0. The van der Waals surface area contributed by atoms with E-state index in [0.29, 0.717) is 11.3 Å². The average Bonchev–Trinajstić information content (AvgIpc) is 2.71. The zero-order chi connectivity index (χ0) is 11.7. The molecule has 1 aromatic carbocycles. The number of hydrogen-bond donors (Lipinski definition) is 1. The molecule has 1 heterocycles. The van der Waals surface area contributed by atoms with Gasteiger partial charge < -0.3 is 5.11 Å². The van der Waals surface area contributed by atoms with Gasteiger partial charge in [0, 0.05) is 6.07 Å². The van der Waals surface area contributed by atoms with Gasteiger partial charge in [-0.2, -0.15) is 0 Å². The summed E-state index contributed by atoms with van der Waals surface area (Å²) in [6, 6.07) is 2.13. The molecule has 0 aliphatic heterocycles. The molecular weight excluding hydrogens is 216 g/mol. The first kappa shape index (κ1) is 10.7. The van der Waals surface area contributed by atoms with Crippen molar-refractivity contribution in [3.63, 3.8) is 0 Å². The Labute approximate surface area is 90.1 Å². The summed E-state index contributed by atoms with van der Waals surface area (Å²) in [6.07, 6.45) is 1.38. The van der Waals surface area contributed by atoms with E-state index in [0.717, 1.165) is 10.7 Å². The van der Waals surface area contributed by atoms with Gasteiger partial charge in [-0.1, -0.05) is 5.21 Å². The average molecular weight is 225 g/mol. The number of nitrogens with zero attached hydrogens (tertiary/aromatic N) is 3. The summed E-state index contributed by atoms with van der Waals surface area (Å²) in [6.45, 7) is 1.25. The fraction of sp³-hybridized carbons (Fsp3) is 0.200. The number of aryl methyl sites for hydroxylation is 1. The number of halogens is 2. The van der Waals surface area contributed by atoms with Crippen molar-refractivity contribution < 1.29 is 13.9 Å². The molecule has 1 aromatic heterocycles. The van der Waals surface area contributed by atoms with Gasteiger partial charge in [0.05, 0.1) is 12.8 Å². The Kier molecular flexibility index (Phi) is 2.66. The Morgan fingerprint density at radius 1 is 1.31 bits per heavy atom. The van der Waals surface area contributed by atoms with E-state index in [1.54, 1.807) is 0 Å². The standard InChI is InChI=1S/C10H9F2N3O/c1-6-2-10(9(12)3-8(6)11)15-4-7(5-16)13-14-15/h2-4,16H,5H2,1H3. The number of aliphatic hydroxyl groups is 1. The molecule has 4 nitrogen and oxygen atoms in total. The second-order valence-electron chi connectivity index (χ2n) is 3.37. The number of aliphatic hydroxyl groups excluding tert-OH is 1. The maximum atomic E-state index is 13.4. The van der Waals surface area contributed by atoms with E-state index in [1.807, 2.05) is 0 Å². The molecule has 0 spiro atoms. The van der Waals surface area contributed by atoms with Crippen LogP contribution in [-0.4, -0.2) is 20.1 Å². The van der Waals surface area contributed by atoms with Crippen LogP contribution in [0.4, 0.5) is 8.78 Å². The summed E-state index contributed by atoms with van der Waals surface area (Å²) in [5.74, 6) is -1.33. The lowest BCUT2D eigenvalue weighted by Gasteiger charge is -2.04. The Balaban J connectivity index is 2.51. The molecule has 2 aromatic rings. The van der Waals surface area contributed by atoms with Gasteiger partial charge in [0.2, 0.25) is 0 Å². The molecule has 2 rings (SSSR count). The fourth-order valence-electron chi connectivity index (χ4n) is 1.31. The van der Waals surface area contributed by atoms with Gasteiger partial charge in [-0.15, -0.1) is 5.10 Å². The van der Waals surface area contributed by atoms with E-state index < -0.39 is 11.6 Å². The smallest absolute Gasteiger partial charge is 0.151 e. The Morgan fingerprint density at radius 3 is 2.69 bits per heavy atom. The third kappa shape index (κ3) is 1.79. The first-order valence-electron chi connectivity index (χ1n) is 4.60. The molecule has 0 unspecified atom stereocenters. The molecule has 0 amide bonds. The Morgan fingerprint density at radius 2 is 2.06 bits per heavy atom. The van der Waals surface area contributed by atoms with Crippen LogP contribution in [0.1, 0.15) is 11.3 Å². The number of aromatic nitrogens is 3. The minimum Gasteiger partial charge on any atom is -0.390 e. The van der Waals surface area contributed by atoms with Crippen LogP contribution in [0, 0.1) is 18.6 Å². The quantitative estimate of drug-likeness (QED) is 0.839. The van der Waals surface area contributed by atoms with Crippen LogP contribution in [0.5, 0.6) is 0 Å². The van der Waals surface area contributed by atoms with Gasteiger partial charge >= 0.3 is 0 Å². The monoisotopic (exact) mass is 225 g/mol. The van der Waals surface area contributed by atoms with Crippen LogP contribution in [0.15, 0.2) is 18.3 Å². The summed E-state index contributed by atoms with van der Waals surface area (Å²) in [7, 11) is 0. The van der Waals surface area contributed by atoms with Crippen LogP contribution in [0.2, 0.25) is 0 Å². The molecule has 16 heavy (non-hydrogen) atoms. The highest BCUT2D eigenvalue weighted by Gasteiger charge is 2.10. The van der Waals surface area contributed by atoms with E-state index in [4.69, 9.17) is 5.11 Å². The van der Waals surface area contributed by atoms with Crippen molar-refractivity contribution >= 4 is 0 Å². The fourth-order valence-corrected chi connectivity index (χ4v) is 1.31. The molecule has 0 saturated heterocycles. The second-order valence-corrected chi connectivity index (χ2v) is 3.37. The first-order chi connectivity index (χ1) is 7.61. The summed E-state index contributed by atoms with van der Waals surface area (Å²) in [5, 5.41) is 16.0. The third-order valence-corrected chi connectivity index (χ3v) is 2.18. The first-order valence-corrected chi connectivity index (χ1v) is 4.60. The molecule has 0 bridgehead atoms. The van der Waals surface area contributed by atoms with Crippen molar-refractivity contribution in [2.75, 3.05) is 0 Å². The maximum Gasteiger partial charge on any atom is 0.151 e. The molecule has 1 N–H and O–H groups in total. The maximum absolute atomic E-state index is 13.4. The van der Waals surface area contributed by atoms with Crippen molar-refractivity contribution in [1.82, 2.24) is 15.0 Å². The van der Waals surface area contributed by atoms with Gasteiger partial charge in [-0.3, -0.25) is 0 Å². The molecule has 0 fully saturated rings. The van der Waals surface area contributed by atoms with Crippen LogP contribution in [0.3, 0.4) is 0 Å². The molecule has 0 aliphatic rings. The predicted molar refractivity (Wildman–Crippen MR) is 51.9 cm³/mol. The number of hydrogen-bond acceptors (Lipinski definition) is 3. The SMILES string of the molecule is Cc1cc(-n2cc(CO)nn2)c(F)cc1F. The van der Waals surface area contributed by atoms with Crippen molar-refractivity contribution in [1.29, 1.82) is 0 Å². The van der Waals surface area contributed by atoms with Gasteiger partial charge in [-0.05, 0) is 18.6 Å². The van der Waals surface area contributed by atoms with Gasteiger partial charge in [0.25, 0.3) is 0 Å². The predicted octanol–water partition coefficient (Wildman–Crippen LogP) is 1.35. The van der Waals surface area contributed by atoms with E-state index >= 15 is 0 Å². The minimum atomic E-state index is -0.725. The van der Waals surface area contributed by atoms with E-state index in [2.05, 4.69) is 10.3 Å². The van der Waals surface area contributed by atoms with Crippen molar-refractivity contribution in [3.05, 3.63) is 41.2 Å². The molecular formula is C10H9F2N3O. The van der Waals surface area contributed by atoms with Crippen LogP contribution in [-0.2, 0) is 6.61 Å². The highest BCUT2D eigenvalue weighted by molar-refractivity contribution is 5.37. The van der Waals surface area contributed by atoms with Crippen molar-refractivity contribution in [2.24, 2.45) is 0 Å². The minimum absolute atomic E-state index is 0.103. The van der Waals surface area contributed by atoms with Crippen molar-refractivity contribution in [2.45, 2.75) is 13.5 Å². The second kappa shape index (κ2) is 3.97. The van der Waals surface area contributed by atoms with Crippen molar-refractivity contribution in [3.8, 4) is 5.69 Å². The lowest BCUT2D eigenvalue weighted by molar-refractivity contribution is 0.276. The molecule has 6 heteroatoms. The third-order valence-electron chi connectivity index (χ3n) is 2.18. The van der Waals surface area contributed by atoms with Gasteiger partial charge in [0.1, 0.15) is 17.2 Å². The Bertz CT molecular complexity index is 525. The molecule has 0 aliphatic carbocycles. The topological polar surface area (TPSA) is 50.9 Å². The lowest BCUT2D eigenvalue weighted by atomic mass is 10.2. The lowest BCUT2D eigenvalue weighted by Crippen LogP contribution is -2.00. The largest absolute Gasteiger partial charge is 0.390 e. The van der Waals surface area contributed by atoms with Gasteiger partial charge in [0.15, 0.2) is 5.82 Å². The number of benzene rings is 1. The van der Waals surface area contributed by atoms with E-state index in [-0.39, 0.29) is 12.3 Å². The van der Waals surface area contributed by atoms with E-state index in [9.17, 15) is 8.78 Å². The van der Waals surface area contributed by atoms with Crippen LogP contribution in [0.25, 0.3) is 5.69 Å². The van der Waals surface area contributed by atoms with Gasteiger partial charge in [-0.25, -0.2) is 13.5 Å². The summed E-state index contributed by atoms with van der Waals surface area (Å²) in [4.78, 5) is 0. The zero-order valence-corrected chi connectivity index (χ0v) is 8.48. The normalized spacial score (nSPS) is 10.8. The van der Waals surface area contributed by atoms with E-state index in [1.165, 1.54) is 19.2 Å². The summed E-state index contributed by atoms with van der Waals surface area (Å²) < 4.78 is 27.6.